The van der Waals surface area contributed by atoms with Crippen LogP contribution in [0.5, 0.6) is 5.75 Å². The average Bonchev–Trinajstić information content (AvgIpc) is 2.34. The molecule has 0 radical (unpaired) electrons. The van der Waals surface area contributed by atoms with Crippen LogP contribution in [-0.2, 0) is 16.1 Å². The van der Waals surface area contributed by atoms with Crippen molar-refractivity contribution >= 4 is 18.6 Å². The van der Waals surface area contributed by atoms with Crippen LogP contribution >= 0.6 is 12.6 Å². The first-order valence-corrected chi connectivity index (χ1v) is 6.27. The van der Waals surface area contributed by atoms with Gasteiger partial charge in [0.25, 0.3) is 0 Å². The molecule has 0 aromatic heterocycles. The van der Waals surface area contributed by atoms with E-state index in [1.165, 1.54) is 0 Å². The molecule has 0 saturated heterocycles. The predicted molar refractivity (Wildman–Crippen MR) is 70.2 cm³/mol. The van der Waals surface area contributed by atoms with Crippen LogP contribution in [0, 0.1) is 0 Å². The first-order valence-electron chi connectivity index (χ1n) is 5.76. The van der Waals surface area contributed by atoms with Gasteiger partial charge in [-0.15, -0.1) is 0 Å². The molecule has 1 N–H and O–H groups in total. The van der Waals surface area contributed by atoms with Crippen LogP contribution in [0.2, 0.25) is 0 Å². The van der Waals surface area contributed by atoms with Gasteiger partial charge < -0.3 is 9.84 Å². The lowest BCUT2D eigenvalue weighted by Gasteiger charge is -2.10. The van der Waals surface area contributed by atoms with E-state index in [0.29, 0.717) is 0 Å². The van der Waals surface area contributed by atoms with Crippen molar-refractivity contribution in [2.75, 3.05) is 0 Å². The number of esters is 1. The van der Waals surface area contributed by atoms with Crippen LogP contribution in [0.3, 0.4) is 0 Å². The molecular weight excluding hydrogens is 236 g/mol. The number of benzene rings is 1. The molecule has 1 atom stereocenters. The summed E-state index contributed by atoms with van der Waals surface area (Å²) in [6, 6.07) is 6.58. The zero-order chi connectivity index (χ0) is 12.7. The van der Waals surface area contributed by atoms with Crippen molar-refractivity contribution < 1.29 is 14.6 Å². The number of hydrogen-bond donors (Lipinski definition) is 2. The number of thiol groups is 1. The van der Waals surface area contributed by atoms with E-state index in [0.717, 1.165) is 24.8 Å². The Morgan fingerprint density at radius 2 is 2.06 bits per heavy atom. The normalized spacial score (nSPS) is 12.1. The number of aromatic hydroxyl groups is 1. The zero-order valence-electron chi connectivity index (χ0n) is 9.93. The van der Waals surface area contributed by atoms with E-state index in [2.05, 4.69) is 19.6 Å². The lowest BCUT2D eigenvalue weighted by molar-refractivity contribution is -0.144. The molecule has 0 spiro atoms. The first kappa shape index (κ1) is 13.9. The number of rotatable bonds is 6. The van der Waals surface area contributed by atoms with Crippen molar-refractivity contribution in [3.05, 3.63) is 29.8 Å². The minimum absolute atomic E-state index is 0.204. The van der Waals surface area contributed by atoms with Crippen LogP contribution in [0.4, 0.5) is 0 Å². The Kier molecular flexibility index (Phi) is 5.91. The van der Waals surface area contributed by atoms with Gasteiger partial charge in [0, 0.05) is 0 Å². The van der Waals surface area contributed by atoms with Gasteiger partial charge in [-0.2, -0.15) is 12.6 Å². The summed E-state index contributed by atoms with van der Waals surface area (Å²) >= 11 is 4.21. The third-order valence-electron chi connectivity index (χ3n) is 2.42. The molecule has 17 heavy (non-hydrogen) atoms. The van der Waals surface area contributed by atoms with Crippen molar-refractivity contribution in [1.29, 1.82) is 0 Å². The predicted octanol–water partition coefficient (Wildman–Crippen LogP) is 2.92. The Morgan fingerprint density at radius 1 is 1.41 bits per heavy atom. The van der Waals surface area contributed by atoms with Crippen molar-refractivity contribution in [2.24, 2.45) is 0 Å². The van der Waals surface area contributed by atoms with E-state index >= 15 is 0 Å². The Morgan fingerprint density at radius 3 is 2.65 bits per heavy atom. The molecule has 1 aromatic rings. The summed E-state index contributed by atoms with van der Waals surface area (Å²) in [4.78, 5) is 11.5. The number of carbonyl (C=O) groups excluding carboxylic acids is 1. The number of unbranched alkanes of at least 4 members (excludes halogenated alkanes) is 1. The Labute approximate surface area is 107 Å². The molecule has 94 valence electrons. The molecule has 0 bridgehead atoms. The second-order valence-corrected chi connectivity index (χ2v) is 4.56. The summed E-state index contributed by atoms with van der Waals surface area (Å²) < 4.78 is 5.13. The van der Waals surface area contributed by atoms with Gasteiger partial charge in [-0.05, 0) is 24.1 Å². The van der Waals surface area contributed by atoms with Gasteiger partial charge >= 0.3 is 5.97 Å². The molecule has 0 aliphatic rings. The maximum atomic E-state index is 11.5. The molecule has 1 aromatic carbocycles. The third-order valence-corrected chi connectivity index (χ3v) is 2.89. The lowest BCUT2D eigenvalue weighted by atomic mass is 10.2. The fourth-order valence-electron chi connectivity index (χ4n) is 1.36. The Balaban J connectivity index is 2.34. The van der Waals surface area contributed by atoms with Gasteiger partial charge in [0.2, 0.25) is 0 Å². The van der Waals surface area contributed by atoms with Gasteiger partial charge in [-0.25, -0.2) is 0 Å². The monoisotopic (exact) mass is 254 g/mol. The number of phenolic OH excluding ortho intramolecular Hbond substituents is 1. The van der Waals surface area contributed by atoms with E-state index in [9.17, 15) is 4.79 Å². The Hall–Kier alpha value is -1.16. The fraction of sp³-hybridized carbons (Fsp3) is 0.462. The largest absolute Gasteiger partial charge is 0.508 e. The zero-order valence-corrected chi connectivity index (χ0v) is 10.8. The van der Waals surface area contributed by atoms with Gasteiger partial charge in [0.05, 0.1) is 5.25 Å². The van der Waals surface area contributed by atoms with Gasteiger partial charge in [-0.3, -0.25) is 4.79 Å². The lowest BCUT2D eigenvalue weighted by Crippen LogP contribution is -2.17. The third kappa shape index (κ3) is 5.13. The van der Waals surface area contributed by atoms with E-state index in [-0.39, 0.29) is 23.6 Å². The number of ether oxygens (including phenoxy) is 1. The molecule has 1 unspecified atom stereocenters. The van der Waals surface area contributed by atoms with Gasteiger partial charge in [0.1, 0.15) is 12.4 Å². The van der Waals surface area contributed by atoms with Crippen LogP contribution in [0.1, 0.15) is 31.7 Å². The summed E-state index contributed by atoms with van der Waals surface area (Å²) in [5.41, 5.74) is 0.854. The first-order chi connectivity index (χ1) is 8.13. The summed E-state index contributed by atoms with van der Waals surface area (Å²) in [5.74, 6) is -0.0787. The average molecular weight is 254 g/mol. The second kappa shape index (κ2) is 7.22. The van der Waals surface area contributed by atoms with E-state index in [1.807, 2.05) is 0 Å². The highest BCUT2D eigenvalue weighted by Gasteiger charge is 2.14. The standard InChI is InChI=1S/C13H18O3S/c1-2-3-4-12(17)13(15)16-9-10-5-7-11(14)8-6-10/h5-8,12,14,17H,2-4,9H2,1H3. The second-order valence-electron chi connectivity index (χ2n) is 3.93. The maximum absolute atomic E-state index is 11.5. The molecule has 0 aliphatic heterocycles. The van der Waals surface area contributed by atoms with Crippen molar-refractivity contribution in [1.82, 2.24) is 0 Å². The van der Waals surface area contributed by atoms with Crippen molar-refractivity contribution in [2.45, 2.75) is 38.0 Å². The molecule has 0 fully saturated rings. The van der Waals surface area contributed by atoms with Crippen LogP contribution in [-0.4, -0.2) is 16.3 Å². The van der Waals surface area contributed by atoms with E-state index in [4.69, 9.17) is 9.84 Å². The number of hydrogen-bond acceptors (Lipinski definition) is 4. The number of carbonyl (C=O) groups is 1. The molecule has 1 rings (SSSR count). The minimum atomic E-state index is -0.341. The summed E-state index contributed by atoms with van der Waals surface area (Å²) in [6.45, 7) is 2.30. The summed E-state index contributed by atoms with van der Waals surface area (Å²) in [7, 11) is 0. The summed E-state index contributed by atoms with van der Waals surface area (Å²) in [6.07, 6.45) is 2.76. The smallest absolute Gasteiger partial charge is 0.319 e. The molecule has 0 amide bonds. The van der Waals surface area contributed by atoms with Crippen LogP contribution in [0.25, 0.3) is 0 Å². The van der Waals surface area contributed by atoms with Crippen LogP contribution in [0.15, 0.2) is 24.3 Å². The van der Waals surface area contributed by atoms with Gasteiger partial charge in [0.15, 0.2) is 0 Å². The highest BCUT2D eigenvalue weighted by molar-refractivity contribution is 7.81. The molecule has 0 heterocycles. The molecule has 0 saturated carbocycles. The molecule has 0 aliphatic carbocycles. The highest BCUT2D eigenvalue weighted by atomic mass is 32.1. The van der Waals surface area contributed by atoms with E-state index < -0.39 is 0 Å². The van der Waals surface area contributed by atoms with Crippen LogP contribution < -0.4 is 0 Å². The van der Waals surface area contributed by atoms with Crippen molar-refractivity contribution in [3.63, 3.8) is 0 Å². The quantitative estimate of drug-likeness (QED) is 0.606. The van der Waals surface area contributed by atoms with E-state index in [1.54, 1.807) is 24.3 Å². The summed E-state index contributed by atoms with van der Waals surface area (Å²) in [5, 5.41) is 8.76. The molecule has 3 nitrogen and oxygen atoms in total. The van der Waals surface area contributed by atoms with Crippen molar-refractivity contribution in [3.8, 4) is 5.75 Å². The highest BCUT2D eigenvalue weighted by Crippen LogP contribution is 2.13. The topological polar surface area (TPSA) is 46.5 Å². The molecule has 4 heteroatoms. The number of phenols is 1. The molecular formula is C13H18O3S. The maximum Gasteiger partial charge on any atom is 0.319 e. The fourth-order valence-corrected chi connectivity index (χ4v) is 1.62. The SMILES string of the molecule is CCCCC(S)C(=O)OCc1ccc(O)cc1. The Bertz CT molecular complexity index is 348. The minimum Gasteiger partial charge on any atom is -0.508 e. The van der Waals surface area contributed by atoms with Gasteiger partial charge in [-0.1, -0.05) is 31.9 Å².